The Hall–Kier alpha value is -0.390. The van der Waals surface area contributed by atoms with Crippen LogP contribution in [-0.4, -0.2) is 34.4 Å². The fourth-order valence-corrected chi connectivity index (χ4v) is 2.27. The van der Waals surface area contributed by atoms with Crippen LogP contribution in [0, 0.1) is 5.41 Å². The van der Waals surface area contributed by atoms with E-state index in [1.807, 2.05) is 6.07 Å². The molecule has 0 aromatic carbocycles. The topological polar surface area (TPSA) is 49.5 Å². The fourth-order valence-electron chi connectivity index (χ4n) is 1.94. The molecule has 2 heterocycles. The zero-order chi connectivity index (χ0) is 11.1. The van der Waals surface area contributed by atoms with Crippen molar-refractivity contribution in [2.45, 2.75) is 26.5 Å². The Labute approximate surface area is 97.4 Å². The van der Waals surface area contributed by atoms with Crippen LogP contribution < -0.4 is 0 Å². The molecule has 0 aliphatic carbocycles. The van der Waals surface area contributed by atoms with Crippen molar-refractivity contribution in [1.82, 2.24) is 10.1 Å². The molecule has 1 aromatic heterocycles. The zero-order valence-electron chi connectivity index (χ0n) is 8.90. The van der Waals surface area contributed by atoms with E-state index in [9.17, 15) is 5.11 Å². The average molecular weight is 275 g/mol. The van der Waals surface area contributed by atoms with Gasteiger partial charge in [0.25, 0.3) is 0 Å². The van der Waals surface area contributed by atoms with Gasteiger partial charge in [-0.3, -0.25) is 4.90 Å². The van der Waals surface area contributed by atoms with Crippen molar-refractivity contribution in [3.8, 4) is 0 Å². The Morgan fingerprint density at radius 1 is 1.73 bits per heavy atom. The first-order chi connectivity index (χ1) is 6.97. The molecule has 0 amide bonds. The number of aliphatic hydroxyl groups is 1. The molecular weight excluding hydrogens is 260 g/mol. The average Bonchev–Trinajstić information content (AvgIpc) is 2.59. The third-order valence-corrected chi connectivity index (χ3v) is 3.25. The van der Waals surface area contributed by atoms with Gasteiger partial charge in [-0.05, 0) is 15.9 Å². The van der Waals surface area contributed by atoms with E-state index in [1.54, 1.807) is 0 Å². The van der Waals surface area contributed by atoms with Gasteiger partial charge < -0.3 is 9.63 Å². The molecule has 0 saturated carbocycles. The summed E-state index contributed by atoms with van der Waals surface area (Å²) in [5.74, 6) is 0.826. The first-order valence-electron chi connectivity index (χ1n) is 4.99. The number of aromatic nitrogens is 1. The lowest BCUT2D eigenvalue weighted by Gasteiger charge is -2.20. The molecule has 1 aromatic rings. The second-order valence-corrected chi connectivity index (χ2v) is 5.60. The summed E-state index contributed by atoms with van der Waals surface area (Å²) in [6.45, 7) is 6.44. The maximum Gasteiger partial charge on any atom is 0.151 e. The SMILES string of the molecule is CC1(C)CN(Cc2cc(Br)no2)CC1O. The van der Waals surface area contributed by atoms with Crippen LogP contribution in [0.4, 0.5) is 0 Å². The van der Waals surface area contributed by atoms with Crippen molar-refractivity contribution < 1.29 is 9.63 Å². The maximum atomic E-state index is 9.81. The number of hydrogen-bond acceptors (Lipinski definition) is 4. The zero-order valence-corrected chi connectivity index (χ0v) is 10.5. The Balaban J connectivity index is 1.98. The van der Waals surface area contributed by atoms with Gasteiger partial charge in [0.15, 0.2) is 5.76 Å². The second-order valence-electron chi connectivity index (χ2n) is 4.79. The number of β-amino-alcohol motifs (C(OH)–C–C–N with tert-alkyl or cyclic N) is 1. The molecule has 1 atom stereocenters. The van der Waals surface area contributed by atoms with E-state index in [4.69, 9.17) is 4.52 Å². The minimum atomic E-state index is -0.260. The molecule has 5 heteroatoms. The number of halogens is 1. The van der Waals surface area contributed by atoms with Crippen LogP contribution in [-0.2, 0) is 6.54 Å². The van der Waals surface area contributed by atoms with Crippen LogP contribution in [0.2, 0.25) is 0 Å². The summed E-state index contributed by atoms with van der Waals surface area (Å²) in [5, 5.41) is 13.6. The van der Waals surface area contributed by atoms with Crippen LogP contribution in [0.3, 0.4) is 0 Å². The number of hydrogen-bond donors (Lipinski definition) is 1. The predicted molar refractivity (Wildman–Crippen MR) is 59.3 cm³/mol. The van der Waals surface area contributed by atoms with Crippen molar-refractivity contribution in [3.05, 3.63) is 16.4 Å². The monoisotopic (exact) mass is 274 g/mol. The maximum absolute atomic E-state index is 9.81. The molecule has 1 saturated heterocycles. The van der Waals surface area contributed by atoms with Gasteiger partial charge in [-0.25, -0.2) is 0 Å². The molecule has 15 heavy (non-hydrogen) atoms. The highest BCUT2D eigenvalue weighted by molar-refractivity contribution is 9.10. The molecule has 84 valence electrons. The third-order valence-electron chi connectivity index (χ3n) is 2.87. The second kappa shape index (κ2) is 3.88. The molecule has 4 nitrogen and oxygen atoms in total. The molecule has 0 spiro atoms. The summed E-state index contributed by atoms with van der Waals surface area (Å²) in [6.07, 6.45) is -0.260. The summed E-state index contributed by atoms with van der Waals surface area (Å²) < 4.78 is 5.83. The summed E-state index contributed by atoms with van der Waals surface area (Å²) >= 11 is 3.24. The molecule has 2 rings (SSSR count). The number of rotatable bonds is 2. The van der Waals surface area contributed by atoms with Crippen LogP contribution in [0.1, 0.15) is 19.6 Å². The highest BCUT2D eigenvalue weighted by Crippen LogP contribution is 2.30. The molecule has 1 N–H and O–H groups in total. The van der Waals surface area contributed by atoms with Crippen molar-refractivity contribution in [3.63, 3.8) is 0 Å². The van der Waals surface area contributed by atoms with Crippen LogP contribution in [0.5, 0.6) is 0 Å². The van der Waals surface area contributed by atoms with Gasteiger partial charge in [-0.15, -0.1) is 0 Å². The van der Waals surface area contributed by atoms with Gasteiger partial charge in [0, 0.05) is 24.6 Å². The van der Waals surface area contributed by atoms with Gasteiger partial charge >= 0.3 is 0 Å². The summed E-state index contributed by atoms with van der Waals surface area (Å²) in [6, 6.07) is 1.86. The van der Waals surface area contributed by atoms with Gasteiger partial charge in [0.05, 0.1) is 12.6 Å². The first-order valence-corrected chi connectivity index (χ1v) is 5.78. The third kappa shape index (κ3) is 2.41. The van der Waals surface area contributed by atoms with Crippen LogP contribution in [0.25, 0.3) is 0 Å². The van der Waals surface area contributed by atoms with E-state index in [0.29, 0.717) is 13.1 Å². The van der Waals surface area contributed by atoms with Crippen molar-refractivity contribution >= 4 is 15.9 Å². The van der Waals surface area contributed by atoms with Gasteiger partial charge in [-0.2, -0.15) is 0 Å². The number of aliphatic hydroxyl groups excluding tert-OH is 1. The molecule has 1 fully saturated rings. The van der Waals surface area contributed by atoms with Gasteiger partial charge in [0.1, 0.15) is 4.60 Å². The van der Waals surface area contributed by atoms with E-state index in [0.717, 1.165) is 16.9 Å². The van der Waals surface area contributed by atoms with E-state index >= 15 is 0 Å². The Morgan fingerprint density at radius 2 is 2.47 bits per heavy atom. The normalized spacial score (nSPS) is 26.0. The van der Waals surface area contributed by atoms with Crippen molar-refractivity contribution in [2.24, 2.45) is 5.41 Å². The Bertz CT molecular complexity index is 351. The van der Waals surface area contributed by atoms with E-state index in [1.165, 1.54) is 0 Å². The molecule has 1 aliphatic heterocycles. The van der Waals surface area contributed by atoms with Crippen LogP contribution in [0.15, 0.2) is 15.2 Å². The summed E-state index contributed by atoms with van der Waals surface area (Å²) in [7, 11) is 0. The standard InChI is InChI=1S/C10H15BrN2O2/c1-10(2)6-13(5-8(10)14)4-7-3-9(11)12-15-7/h3,8,14H,4-6H2,1-2H3. The quantitative estimate of drug-likeness (QED) is 0.891. The van der Waals surface area contributed by atoms with Gasteiger partial charge in [0.2, 0.25) is 0 Å². The van der Waals surface area contributed by atoms with Gasteiger partial charge in [-0.1, -0.05) is 19.0 Å². The minimum Gasteiger partial charge on any atom is -0.391 e. The molecular formula is C10H15BrN2O2. The lowest BCUT2D eigenvalue weighted by atomic mass is 9.90. The van der Waals surface area contributed by atoms with Crippen LogP contribution >= 0.6 is 15.9 Å². The minimum absolute atomic E-state index is 0.0305. The van der Waals surface area contributed by atoms with Crippen molar-refractivity contribution in [1.29, 1.82) is 0 Å². The fraction of sp³-hybridized carbons (Fsp3) is 0.700. The smallest absolute Gasteiger partial charge is 0.151 e. The summed E-state index contributed by atoms with van der Waals surface area (Å²) in [5.41, 5.74) is -0.0305. The molecule has 0 bridgehead atoms. The number of likely N-dealkylation sites (tertiary alicyclic amines) is 1. The lowest BCUT2D eigenvalue weighted by molar-refractivity contribution is 0.0954. The first kappa shape index (κ1) is 11.1. The Morgan fingerprint density at radius 3 is 2.93 bits per heavy atom. The molecule has 1 unspecified atom stereocenters. The summed E-state index contributed by atoms with van der Waals surface area (Å²) in [4.78, 5) is 2.18. The molecule has 0 radical (unpaired) electrons. The largest absolute Gasteiger partial charge is 0.391 e. The highest BCUT2D eigenvalue weighted by Gasteiger charge is 2.38. The Kier molecular flexibility index (Phi) is 2.87. The number of nitrogens with zero attached hydrogens (tertiary/aromatic N) is 2. The van der Waals surface area contributed by atoms with Crippen molar-refractivity contribution in [2.75, 3.05) is 13.1 Å². The lowest BCUT2D eigenvalue weighted by Crippen LogP contribution is -2.26. The van der Waals surface area contributed by atoms with E-state index in [-0.39, 0.29) is 11.5 Å². The van der Waals surface area contributed by atoms with E-state index in [2.05, 4.69) is 39.8 Å². The predicted octanol–water partition coefficient (Wildman–Crippen LogP) is 1.64. The van der Waals surface area contributed by atoms with E-state index < -0.39 is 0 Å². The highest BCUT2D eigenvalue weighted by atomic mass is 79.9. The molecule has 1 aliphatic rings.